The average Bonchev–Trinajstić information content (AvgIpc) is 2.85. The Morgan fingerprint density at radius 2 is 1.88 bits per heavy atom. The molecular weight excluding hydrogens is 344 g/mol. The molecule has 3 aromatic rings. The van der Waals surface area contributed by atoms with E-state index in [1.54, 1.807) is 13.0 Å². The third kappa shape index (κ3) is 2.75. The lowest BCUT2D eigenvalue weighted by molar-refractivity contribution is -0.137. The molecule has 1 aromatic heterocycles. The van der Waals surface area contributed by atoms with Crippen LogP contribution in [0.4, 0.5) is 17.6 Å². The van der Waals surface area contributed by atoms with Gasteiger partial charge >= 0.3 is 6.18 Å². The lowest BCUT2D eigenvalue weighted by Gasteiger charge is -2.11. The molecule has 0 amide bonds. The number of fused-ring (bicyclic) bond motifs is 1. The predicted molar refractivity (Wildman–Crippen MR) is 85.2 cm³/mol. The number of rotatable bonds is 2. The van der Waals surface area contributed by atoms with Gasteiger partial charge in [-0.1, -0.05) is 24.6 Å². The van der Waals surface area contributed by atoms with E-state index < -0.39 is 11.7 Å². The highest BCUT2D eigenvalue weighted by molar-refractivity contribution is 6.34. The van der Waals surface area contributed by atoms with Crippen LogP contribution in [0, 0.1) is 12.7 Å². The number of benzene rings is 2. The minimum atomic E-state index is -4.47. The van der Waals surface area contributed by atoms with Gasteiger partial charge in [-0.15, -0.1) is 0 Å². The predicted octanol–water partition coefficient (Wildman–Crippen LogP) is 5.71. The summed E-state index contributed by atoms with van der Waals surface area (Å²) in [6, 6.07) is 6.24. The number of aryl methyl sites for hydroxylation is 2. The molecule has 24 heavy (non-hydrogen) atoms. The van der Waals surface area contributed by atoms with Crippen molar-refractivity contribution in [2.45, 2.75) is 26.4 Å². The molecule has 0 atom stereocenters. The topological polar surface area (TPSA) is 17.8 Å². The van der Waals surface area contributed by atoms with Crippen LogP contribution in [-0.2, 0) is 12.6 Å². The molecular formula is C17H13ClF4N2. The summed E-state index contributed by atoms with van der Waals surface area (Å²) >= 11 is 6.01. The van der Waals surface area contributed by atoms with Gasteiger partial charge in [-0.25, -0.2) is 9.07 Å². The lowest BCUT2D eigenvalue weighted by Crippen LogP contribution is -2.05. The molecule has 0 aliphatic rings. The first-order chi connectivity index (χ1) is 11.2. The molecule has 0 saturated carbocycles. The maximum atomic E-state index is 14.1. The van der Waals surface area contributed by atoms with Crippen LogP contribution >= 0.6 is 11.6 Å². The number of halogens is 5. The van der Waals surface area contributed by atoms with Crippen molar-refractivity contribution < 1.29 is 17.6 Å². The summed E-state index contributed by atoms with van der Waals surface area (Å²) in [5.74, 6) is -0.384. The van der Waals surface area contributed by atoms with E-state index in [0.717, 1.165) is 17.7 Å². The maximum absolute atomic E-state index is 14.1. The molecule has 0 fully saturated rings. The fourth-order valence-electron chi connectivity index (χ4n) is 2.67. The summed E-state index contributed by atoms with van der Waals surface area (Å²) in [6.07, 6.45) is -3.92. The van der Waals surface area contributed by atoms with Gasteiger partial charge in [0.2, 0.25) is 0 Å². The highest BCUT2D eigenvalue weighted by Crippen LogP contribution is 2.34. The normalized spacial score (nSPS) is 12.1. The smallest absolute Gasteiger partial charge is 0.231 e. The number of aromatic nitrogens is 2. The van der Waals surface area contributed by atoms with E-state index in [2.05, 4.69) is 5.10 Å². The minimum absolute atomic E-state index is 0.0597. The average molecular weight is 357 g/mol. The monoisotopic (exact) mass is 356 g/mol. The molecule has 126 valence electrons. The van der Waals surface area contributed by atoms with Crippen molar-refractivity contribution in [2.75, 3.05) is 0 Å². The second-order valence-electron chi connectivity index (χ2n) is 5.52. The highest BCUT2D eigenvalue weighted by Gasteiger charge is 2.31. The van der Waals surface area contributed by atoms with Crippen LogP contribution in [0.3, 0.4) is 0 Å². The number of hydrogen-bond acceptors (Lipinski definition) is 1. The van der Waals surface area contributed by atoms with Crippen LogP contribution in [-0.4, -0.2) is 9.78 Å². The Morgan fingerprint density at radius 3 is 2.50 bits per heavy atom. The van der Waals surface area contributed by atoms with Gasteiger partial charge in [-0.2, -0.15) is 18.3 Å². The first-order valence-corrected chi connectivity index (χ1v) is 7.65. The Morgan fingerprint density at radius 1 is 1.17 bits per heavy atom. The van der Waals surface area contributed by atoms with Crippen LogP contribution in [0.15, 0.2) is 30.3 Å². The Kier molecular flexibility index (Phi) is 4.03. The third-order valence-electron chi connectivity index (χ3n) is 3.94. The van der Waals surface area contributed by atoms with Gasteiger partial charge in [-0.05, 0) is 42.7 Å². The van der Waals surface area contributed by atoms with Crippen molar-refractivity contribution in [1.82, 2.24) is 9.78 Å². The van der Waals surface area contributed by atoms with Gasteiger partial charge in [0.1, 0.15) is 5.82 Å². The molecule has 0 saturated heterocycles. The molecule has 0 aliphatic carbocycles. The van der Waals surface area contributed by atoms with Gasteiger partial charge in [0, 0.05) is 11.5 Å². The van der Waals surface area contributed by atoms with E-state index in [4.69, 9.17) is 11.6 Å². The zero-order valence-corrected chi connectivity index (χ0v) is 13.6. The van der Waals surface area contributed by atoms with E-state index >= 15 is 0 Å². The Labute approximate surface area is 140 Å². The van der Waals surface area contributed by atoms with E-state index in [-0.39, 0.29) is 16.4 Å². The molecule has 2 nitrogen and oxygen atoms in total. The summed E-state index contributed by atoms with van der Waals surface area (Å²) in [5.41, 5.74) is 1.36. The molecule has 0 unspecified atom stereocenters. The maximum Gasteiger partial charge on any atom is 0.416 e. The van der Waals surface area contributed by atoms with Gasteiger partial charge in [-0.3, -0.25) is 0 Å². The van der Waals surface area contributed by atoms with Crippen LogP contribution in [0.25, 0.3) is 16.6 Å². The van der Waals surface area contributed by atoms with Gasteiger partial charge in [0.15, 0.2) is 5.15 Å². The Hall–Kier alpha value is -2.08. The molecule has 1 heterocycles. The van der Waals surface area contributed by atoms with Crippen molar-refractivity contribution in [3.8, 4) is 5.69 Å². The molecule has 0 bridgehead atoms. The Balaban J connectivity index is 2.23. The fourth-order valence-corrected chi connectivity index (χ4v) is 2.90. The minimum Gasteiger partial charge on any atom is -0.231 e. The Bertz CT molecular complexity index is 928. The largest absolute Gasteiger partial charge is 0.416 e. The molecule has 7 heteroatoms. The van der Waals surface area contributed by atoms with E-state index in [1.165, 1.54) is 16.8 Å². The molecule has 3 rings (SSSR count). The number of nitrogens with zero attached hydrogens (tertiary/aromatic N) is 2. The zero-order chi connectivity index (χ0) is 17.6. The quantitative estimate of drug-likeness (QED) is 0.538. The first-order valence-electron chi connectivity index (χ1n) is 7.27. The summed E-state index contributed by atoms with van der Waals surface area (Å²) in [5, 5.41) is 4.20. The second kappa shape index (κ2) is 5.77. The van der Waals surface area contributed by atoms with Crippen molar-refractivity contribution in [1.29, 1.82) is 0 Å². The summed E-state index contributed by atoms with van der Waals surface area (Å²) < 4.78 is 54.1. The molecule has 0 N–H and O–H groups in total. The number of hydrogen-bond donors (Lipinski definition) is 0. The first kappa shape index (κ1) is 16.8. The summed E-state index contributed by atoms with van der Waals surface area (Å²) in [4.78, 5) is 0. The second-order valence-corrected chi connectivity index (χ2v) is 5.87. The van der Waals surface area contributed by atoms with E-state index in [0.29, 0.717) is 23.2 Å². The molecule has 0 spiro atoms. The van der Waals surface area contributed by atoms with Gasteiger partial charge < -0.3 is 0 Å². The molecule has 0 radical (unpaired) electrons. The van der Waals surface area contributed by atoms with Crippen molar-refractivity contribution in [2.24, 2.45) is 0 Å². The number of alkyl halides is 3. The van der Waals surface area contributed by atoms with Crippen molar-refractivity contribution in [3.05, 3.63) is 58.0 Å². The van der Waals surface area contributed by atoms with Crippen LogP contribution in [0.2, 0.25) is 5.15 Å². The van der Waals surface area contributed by atoms with Crippen LogP contribution < -0.4 is 0 Å². The van der Waals surface area contributed by atoms with Crippen LogP contribution in [0.1, 0.15) is 23.6 Å². The van der Waals surface area contributed by atoms with E-state index in [9.17, 15) is 17.6 Å². The van der Waals surface area contributed by atoms with Crippen molar-refractivity contribution >= 4 is 22.5 Å². The van der Waals surface area contributed by atoms with Gasteiger partial charge in [0.25, 0.3) is 0 Å². The highest BCUT2D eigenvalue weighted by atomic mass is 35.5. The van der Waals surface area contributed by atoms with Crippen LogP contribution in [0.5, 0.6) is 0 Å². The molecule has 2 aromatic carbocycles. The third-order valence-corrected chi connectivity index (χ3v) is 4.22. The fraction of sp³-hybridized carbons (Fsp3) is 0.235. The SMILES string of the molecule is CCc1cc(C)c(-n2nc(Cl)c3cc(C(F)(F)F)ccc32)cc1F. The van der Waals surface area contributed by atoms with E-state index in [1.807, 2.05) is 6.92 Å². The lowest BCUT2D eigenvalue weighted by atomic mass is 10.1. The van der Waals surface area contributed by atoms with Crippen molar-refractivity contribution in [3.63, 3.8) is 0 Å². The zero-order valence-electron chi connectivity index (χ0n) is 12.9. The summed E-state index contributed by atoms with van der Waals surface area (Å²) in [6.45, 7) is 3.63. The van der Waals surface area contributed by atoms with Gasteiger partial charge in [0.05, 0.1) is 16.8 Å². The molecule has 0 aliphatic heterocycles. The standard InChI is InChI=1S/C17H13ClF4N2/c1-3-10-6-9(2)15(8-13(10)19)24-14-5-4-11(17(20,21)22)7-12(14)16(18)23-24/h4-8H,3H2,1-2H3. The summed E-state index contributed by atoms with van der Waals surface area (Å²) in [7, 11) is 0.